The molecule has 1 aromatic heterocycles. The lowest BCUT2D eigenvalue weighted by molar-refractivity contribution is 0.0981. The van der Waals surface area contributed by atoms with E-state index in [1.807, 2.05) is 6.92 Å². The minimum atomic E-state index is 0.0270. The lowest BCUT2D eigenvalue weighted by atomic mass is 10.2. The van der Waals surface area contributed by atoms with Crippen LogP contribution >= 0.6 is 23.1 Å². The van der Waals surface area contributed by atoms with Gasteiger partial charge in [-0.2, -0.15) is 4.37 Å². The Morgan fingerprint density at radius 2 is 2.26 bits per heavy atom. The Morgan fingerprint density at radius 3 is 2.95 bits per heavy atom. The van der Waals surface area contributed by atoms with Crippen LogP contribution in [0.1, 0.15) is 29.6 Å². The van der Waals surface area contributed by atoms with Crippen molar-refractivity contribution >= 4 is 28.9 Å². The molecule has 0 spiro atoms. The first-order valence-electron chi connectivity index (χ1n) is 5.86. The number of nitrogens with zero attached hydrogens (tertiary/aromatic N) is 2. The van der Waals surface area contributed by atoms with Gasteiger partial charge in [-0.1, -0.05) is 18.5 Å². The van der Waals surface area contributed by atoms with Crippen molar-refractivity contribution in [3.8, 4) is 17.1 Å². The molecule has 0 saturated heterocycles. The van der Waals surface area contributed by atoms with Crippen LogP contribution in [-0.4, -0.2) is 22.3 Å². The van der Waals surface area contributed by atoms with Crippen LogP contribution in [0, 0.1) is 0 Å². The molecule has 0 aliphatic heterocycles. The van der Waals surface area contributed by atoms with Crippen LogP contribution < -0.4 is 4.74 Å². The van der Waals surface area contributed by atoms with E-state index in [1.54, 1.807) is 25.3 Å². The van der Waals surface area contributed by atoms with Gasteiger partial charge in [0.15, 0.2) is 16.6 Å². The molecule has 0 unspecified atom stereocenters. The second kappa shape index (κ2) is 6.12. The number of aromatic nitrogens is 2. The Labute approximate surface area is 120 Å². The van der Waals surface area contributed by atoms with Gasteiger partial charge in [-0.05, 0) is 36.2 Å². The summed E-state index contributed by atoms with van der Waals surface area (Å²) in [5.41, 5.74) is 0.735. The van der Waals surface area contributed by atoms with Gasteiger partial charge in [0.25, 0.3) is 0 Å². The highest BCUT2D eigenvalue weighted by Crippen LogP contribution is 2.31. The van der Waals surface area contributed by atoms with Crippen LogP contribution in [0.2, 0.25) is 5.02 Å². The smallest absolute Gasteiger partial charge is 0.192 e. The van der Waals surface area contributed by atoms with Gasteiger partial charge in [0.05, 0.1) is 12.7 Å². The number of rotatable bonds is 5. The molecule has 0 N–H and O–H groups in total. The molecule has 0 fully saturated rings. The average Bonchev–Trinajstić information content (AvgIpc) is 2.88. The highest BCUT2D eigenvalue weighted by molar-refractivity contribution is 7.07. The molecule has 2 rings (SSSR count). The molecule has 0 amide bonds. The molecular formula is C13H13ClN2O2S. The fraction of sp³-hybridized carbons (Fsp3) is 0.308. The average molecular weight is 297 g/mol. The van der Waals surface area contributed by atoms with Gasteiger partial charge in [0.2, 0.25) is 0 Å². The second-order valence-electron chi connectivity index (χ2n) is 3.94. The van der Waals surface area contributed by atoms with Crippen LogP contribution in [0.3, 0.4) is 0 Å². The molecule has 0 radical (unpaired) electrons. The number of ketones is 1. The standard InChI is InChI=1S/C13H13ClN2O2S/c1-3-4-10(17)13-15-12(16-19-13)9-6-5-8(14)7-11(9)18-2/h5-7H,3-4H2,1-2H3. The monoisotopic (exact) mass is 296 g/mol. The van der Waals surface area contributed by atoms with E-state index in [9.17, 15) is 4.79 Å². The lowest BCUT2D eigenvalue weighted by Crippen LogP contribution is -1.97. The zero-order valence-electron chi connectivity index (χ0n) is 10.6. The van der Waals surface area contributed by atoms with E-state index in [4.69, 9.17) is 16.3 Å². The Balaban J connectivity index is 2.35. The van der Waals surface area contributed by atoms with Crippen molar-refractivity contribution in [2.75, 3.05) is 7.11 Å². The molecule has 0 aliphatic rings. The van der Waals surface area contributed by atoms with Crippen molar-refractivity contribution in [2.24, 2.45) is 0 Å². The van der Waals surface area contributed by atoms with E-state index in [0.717, 1.165) is 23.5 Å². The third kappa shape index (κ3) is 3.11. The maximum Gasteiger partial charge on any atom is 0.192 e. The number of Topliss-reactive ketones (excluding diaryl/α,β-unsaturated/α-hetero) is 1. The first kappa shape index (κ1) is 14.0. The number of carbonyl (C=O) groups is 1. The highest BCUT2D eigenvalue weighted by atomic mass is 35.5. The van der Waals surface area contributed by atoms with Crippen molar-refractivity contribution in [3.63, 3.8) is 0 Å². The molecule has 4 nitrogen and oxygen atoms in total. The number of hydrogen-bond acceptors (Lipinski definition) is 5. The molecule has 0 aliphatic carbocycles. The van der Waals surface area contributed by atoms with Gasteiger partial charge in [0, 0.05) is 11.4 Å². The number of halogens is 1. The SMILES string of the molecule is CCCC(=O)c1nc(-c2ccc(Cl)cc2OC)ns1. The van der Waals surface area contributed by atoms with Crippen LogP contribution in [0.4, 0.5) is 0 Å². The predicted octanol–water partition coefficient (Wildman–Crippen LogP) is 3.85. The number of ether oxygens (including phenoxy) is 1. The fourth-order valence-electron chi connectivity index (χ4n) is 1.63. The van der Waals surface area contributed by atoms with E-state index in [1.165, 1.54) is 0 Å². The highest BCUT2D eigenvalue weighted by Gasteiger charge is 2.15. The maximum atomic E-state index is 11.8. The summed E-state index contributed by atoms with van der Waals surface area (Å²) in [6, 6.07) is 5.23. The number of benzene rings is 1. The minimum absolute atomic E-state index is 0.0270. The van der Waals surface area contributed by atoms with Crippen molar-refractivity contribution in [3.05, 3.63) is 28.2 Å². The molecule has 6 heteroatoms. The van der Waals surface area contributed by atoms with E-state index in [2.05, 4.69) is 9.36 Å². The summed E-state index contributed by atoms with van der Waals surface area (Å²) in [6.45, 7) is 1.96. The zero-order chi connectivity index (χ0) is 13.8. The largest absolute Gasteiger partial charge is 0.496 e. The quantitative estimate of drug-likeness (QED) is 0.786. The zero-order valence-corrected chi connectivity index (χ0v) is 12.2. The van der Waals surface area contributed by atoms with Gasteiger partial charge >= 0.3 is 0 Å². The normalized spacial score (nSPS) is 10.5. The fourth-order valence-corrected chi connectivity index (χ4v) is 2.44. The molecular weight excluding hydrogens is 284 g/mol. The minimum Gasteiger partial charge on any atom is -0.496 e. The maximum absolute atomic E-state index is 11.8. The predicted molar refractivity (Wildman–Crippen MR) is 76.1 cm³/mol. The van der Waals surface area contributed by atoms with Crippen LogP contribution in [0.5, 0.6) is 5.75 Å². The van der Waals surface area contributed by atoms with Gasteiger partial charge in [-0.15, -0.1) is 0 Å². The number of carbonyl (C=O) groups excluding carboxylic acids is 1. The molecule has 2 aromatic rings. The third-order valence-corrected chi connectivity index (χ3v) is 3.54. The van der Waals surface area contributed by atoms with Crippen LogP contribution in [0.25, 0.3) is 11.4 Å². The first-order chi connectivity index (χ1) is 9.15. The Bertz CT molecular complexity index is 598. The molecule has 0 atom stereocenters. The van der Waals surface area contributed by atoms with E-state index < -0.39 is 0 Å². The lowest BCUT2D eigenvalue weighted by Gasteiger charge is -2.05. The van der Waals surface area contributed by atoms with Crippen molar-refractivity contribution in [1.82, 2.24) is 9.36 Å². The summed E-state index contributed by atoms with van der Waals surface area (Å²) < 4.78 is 9.47. The third-order valence-electron chi connectivity index (χ3n) is 2.55. The summed E-state index contributed by atoms with van der Waals surface area (Å²) in [6.07, 6.45) is 1.30. The second-order valence-corrected chi connectivity index (χ2v) is 5.13. The van der Waals surface area contributed by atoms with E-state index >= 15 is 0 Å². The Morgan fingerprint density at radius 1 is 1.47 bits per heavy atom. The van der Waals surface area contributed by atoms with Gasteiger partial charge in [0.1, 0.15) is 5.75 Å². The first-order valence-corrected chi connectivity index (χ1v) is 7.01. The summed E-state index contributed by atoms with van der Waals surface area (Å²) in [5, 5.41) is 1.02. The van der Waals surface area contributed by atoms with Crippen LogP contribution in [0.15, 0.2) is 18.2 Å². The van der Waals surface area contributed by atoms with Gasteiger partial charge < -0.3 is 4.74 Å². The van der Waals surface area contributed by atoms with Crippen molar-refractivity contribution in [1.29, 1.82) is 0 Å². The van der Waals surface area contributed by atoms with E-state index in [0.29, 0.717) is 28.0 Å². The number of hydrogen-bond donors (Lipinski definition) is 0. The molecule has 0 saturated carbocycles. The molecule has 100 valence electrons. The topological polar surface area (TPSA) is 52.1 Å². The molecule has 0 bridgehead atoms. The van der Waals surface area contributed by atoms with E-state index in [-0.39, 0.29) is 5.78 Å². The van der Waals surface area contributed by atoms with Crippen LogP contribution in [-0.2, 0) is 0 Å². The van der Waals surface area contributed by atoms with Gasteiger partial charge in [-0.3, -0.25) is 4.79 Å². The number of methoxy groups -OCH3 is 1. The molecule has 19 heavy (non-hydrogen) atoms. The Hall–Kier alpha value is -1.46. The van der Waals surface area contributed by atoms with Gasteiger partial charge in [-0.25, -0.2) is 4.98 Å². The summed E-state index contributed by atoms with van der Waals surface area (Å²) >= 11 is 7.02. The van der Waals surface area contributed by atoms with Crippen molar-refractivity contribution < 1.29 is 9.53 Å². The van der Waals surface area contributed by atoms with Crippen molar-refractivity contribution in [2.45, 2.75) is 19.8 Å². The summed E-state index contributed by atoms with van der Waals surface area (Å²) in [7, 11) is 1.56. The Kier molecular flexibility index (Phi) is 4.50. The summed E-state index contributed by atoms with van der Waals surface area (Å²) in [4.78, 5) is 16.0. The molecule has 1 aromatic carbocycles. The summed E-state index contributed by atoms with van der Waals surface area (Å²) in [5.74, 6) is 1.12. The molecule has 1 heterocycles.